The Hall–Kier alpha value is -2.56. The topological polar surface area (TPSA) is 52.6 Å². The van der Waals surface area contributed by atoms with E-state index in [1.54, 1.807) is 37.4 Å². The summed E-state index contributed by atoms with van der Waals surface area (Å²) >= 11 is 0. The van der Waals surface area contributed by atoms with E-state index in [-0.39, 0.29) is 12.2 Å². The maximum atomic E-state index is 14.2. The van der Waals surface area contributed by atoms with Gasteiger partial charge >= 0.3 is 10.2 Å². The first kappa shape index (κ1) is 16.3. The van der Waals surface area contributed by atoms with Crippen LogP contribution in [0.4, 0.5) is 21.5 Å². The van der Waals surface area contributed by atoms with Gasteiger partial charge in [0.05, 0.1) is 30.2 Å². The smallest absolute Gasteiger partial charge is 0.309 e. The molecule has 0 aromatic heterocycles. The van der Waals surface area contributed by atoms with Crippen molar-refractivity contribution in [2.75, 3.05) is 28.7 Å². The van der Waals surface area contributed by atoms with E-state index in [0.29, 0.717) is 17.9 Å². The molecule has 1 heterocycles. The predicted molar refractivity (Wildman–Crippen MR) is 92.9 cm³/mol. The first-order valence-corrected chi connectivity index (χ1v) is 8.74. The van der Waals surface area contributed by atoms with Crippen LogP contribution in [0.25, 0.3) is 0 Å². The molecular formula is C17H16FN3O2S. The molecule has 7 heteroatoms. The van der Waals surface area contributed by atoms with Crippen LogP contribution in [-0.4, -0.2) is 28.6 Å². The lowest BCUT2D eigenvalue weighted by Crippen LogP contribution is -2.36. The molecule has 0 saturated carbocycles. The van der Waals surface area contributed by atoms with Crippen molar-refractivity contribution in [1.29, 1.82) is 0 Å². The molecule has 0 bridgehead atoms. The lowest BCUT2D eigenvalue weighted by Gasteiger charge is -2.20. The number of anilines is 3. The van der Waals surface area contributed by atoms with E-state index in [0.717, 1.165) is 4.31 Å². The van der Waals surface area contributed by atoms with Crippen LogP contribution in [-0.2, 0) is 10.2 Å². The van der Waals surface area contributed by atoms with Gasteiger partial charge in [-0.3, -0.25) is 0 Å². The van der Waals surface area contributed by atoms with Gasteiger partial charge in [0.15, 0.2) is 0 Å². The number of para-hydroxylation sites is 3. The predicted octanol–water partition coefficient (Wildman–Crippen LogP) is 2.25. The van der Waals surface area contributed by atoms with Crippen molar-refractivity contribution in [1.82, 2.24) is 5.32 Å². The monoisotopic (exact) mass is 345 g/mol. The molecule has 0 fully saturated rings. The third-order valence-electron chi connectivity index (χ3n) is 3.56. The zero-order valence-corrected chi connectivity index (χ0v) is 13.8. The van der Waals surface area contributed by atoms with E-state index in [2.05, 4.69) is 17.2 Å². The van der Waals surface area contributed by atoms with Crippen LogP contribution in [0, 0.1) is 17.7 Å². The Bertz CT molecular complexity index is 919. The van der Waals surface area contributed by atoms with E-state index in [9.17, 15) is 12.8 Å². The van der Waals surface area contributed by atoms with Crippen LogP contribution in [0.5, 0.6) is 0 Å². The van der Waals surface area contributed by atoms with E-state index < -0.39 is 16.0 Å². The van der Waals surface area contributed by atoms with Crippen molar-refractivity contribution in [2.45, 2.75) is 0 Å². The second-order valence-corrected chi connectivity index (χ2v) is 6.80. The van der Waals surface area contributed by atoms with Gasteiger partial charge in [0.1, 0.15) is 5.82 Å². The molecule has 0 aliphatic carbocycles. The SMILES string of the molecule is CNCC#CCN1c2ccccc2N(c2ccccc2F)S1(=O)=O. The Morgan fingerprint density at radius 2 is 1.62 bits per heavy atom. The number of fused-ring (bicyclic) bond motifs is 1. The van der Waals surface area contributed by atoms with Gasteiger partial charge in [0.2, 0.25) is 0 Å². The average molecular weight is 345 g/mol. The molecule has 0 unspecified atom stereocenters. The molecule has 0 atom stereocenters. The number of nitrogens with one attached hydrogen (secondary N) is 1. The standard InChI is InChI=1S/C17H16FN3O2S/c1-19-12-6-7-13-20-16-10-4-5-11-17(16)21(24(20,22)23)15-9-3-2-8-14(15)18/h2-5,8-11,19H,12-13H2,1H3. The molecule has 0 spiro atoms. The van der Waals surface area contributed by atoms with Crippen molar-refractivity contribution >= 4 is 27.3 Å². The highest BCUT2D eigenvalue weighted by atomic mass is 32.2. The fourth-order valence-corrected chi connectivity index (χ4v) is 4.14. The van der Waals surface area contributed by atoms with Crippen LogP contribution < -0.4 is 13.9 Å². The second kappa shape index (κ2) is 6.51. The summed E-state index contributed by atoms with van der Waals surface area (Å²) in [4.78, 5) is 0. The quantitative estimate of drug-likeness (QED) is 0.868. The molecule has 2 aromatic carbocycles. The molecule has 0 amide bonds. The summed E-state index contributed by atoms with van der Waals surface area (Å²) in [5.74, 6) is 5.06. The molecule has 1 aliphatic rings. The third kappa shape index (κ3) is 2.70. The Morgan fingerprint density at radius 3 is 2.29 bits per heavy atom. The van der Waals surface area contributed by atoms with Crippen molar-refractivity contribution in [3.05, 3.63) is 54.3 Å². The maximum Gasteiger partial charge on any atom is 0.331 e. The van der Waals surface area contributed by atoms with E-state index in [4.69, 9.17) is 0 Å². The molecule has 1 N–H and O–H groups in total. The number of halogens is 1. The molecule has 124 valence electrons. The molecule has 0 saturated heterocycles. The van der Waals surface area contributed by atoms with Crippen LogP contribution >= 0.6 is 0 Å². The minimum Gasteiger partial charge on any atom is -0.309 e. The lowest BCUT2D eigenvalue weighted by atomic mass is 10.2. The molecule has 24 heavy (non-hydrogen) atoms. The van der Waals surface area contributed by atoms with Gasteiger partial charge in [0, 0.05) is 0 Å². The number of nitrogens with zero attached hydrogens (tertiary/aromatic N) is 2. The Morgan fingerprint density at radius 1 is 1.00 bits per heavy atom. The van der Waals surface area contributed by atoms with Crippen LogP contribution in [0.2, 0.25) is 0 Å². The summed E-state index contributed by atoms with van der Waals surface area (Å²) in [6, 6.07) is 12.6. The minimum atomic E-state index is -3.95. The fraction of sp³-hybridized carbons (Fsp3) is 0.176. The summed E-state index contributed by atoms with van der Waals surface area (Å²) in [6.45, 7) is 0.471. The first-order valence-electron chi connectivity index (χ1n) is 7.34. The summed E-state index contributed by atoms with van der Waals surface area (Å²) in [5, 5.41) is 2.87. The Balaban J connectivity index is 2.09. The highest BCUT2D eigenvalue weighted by Crippen LogP contribution is 2.45. The summed E-state index contributed by atoms with van der Waals surface area (Å²) in [6.07, 6.45) is 0. The number of hydrogen-bond donors (Lipinski definition) is 1. The zero-order chi connectivity index (χ0) is 17.2. The summed E-state index contributed by atoms with van der Waals surface area (Å²) in [5.41, 5.74) is 0.896. The number of benzene rings is 2. The van der Waals surface area contributed by atoms with Crippen molar-refractivity contribution in [3.63, 3.8) is 0 Å². The van der Waals surface area contributed by atoms with Gasteiger partial charge in [0.25, 0.3) is 0 Å². The molecular weight excluding hydrogens is 329 g/mol. The van der Waals surface area contributed by atoms with Gasteiger partial charge in [-0.2, -0.15) is 8.42 Å². The molecule has 0 radical (unpaired) electrons. The normalized spacial score (nSPS) is 14.9. The van der Waals surface area contributed by atoms with Crippen LogP contribution in [0.1, 0.15) is 0 Å². The second-order valence-electron chi connectivity index (χ2n) is 5.10. The third-order valence-corrected chi connectivity index (χ3v) is 5.30. The first-order chi connectivity index (χ1) is 11.6. The van der Waals surface area contributed by atoms with Crippen LogP contribution in [0.3, 0.4) is 0 Å². The van der Waals surface area contributed by atoms with E-state index >= 15 is 0 Å². The van der Waals surface area contributed by atoms with Gasteiger partial charge < -0.3 is 5.32 Å². The summed E-state index contributed by atoms with van der Waals surface area (Å²) in [7, 11) is -2.19. The van der Waals surface area contributed by atoms with E-state index in [1.165, 1.54) is 22.5 Å². The number of hydrogen-bond acceptors (Lipinski definition) is 3. The molecule has 1 aliphatic heterocycles. The van der Waals surface area contributed by atoms with Crippen LogP contribution in [0.15, 0.2) is 48.5 Å². The average Bonchev–Trinajstić information content (AvgIpc) is 2.79. The molecule has 3 rings (SSSR count). The highest BCUT2D eigenvalue weighted by molar-refractivity contribution is 7.95. The molecule has 2 aromatic rings. The zero-order valence-electron chi connectivity index (χ0n) is 13.0. The maximum absolute atomic E-state index is 14.2. The summed E-state index contributed by atoms with van der Waals surface area (Å²) < 4.78 is 42.4. The van der Waals surface area contributed by atoms with Crippen molar-refractivity contribution in [2.24, 2.45) is 0 Å². The fourth-order valence-electron chi connectivity index (χ4n) is 2.51. The molecule has 5 nitrogen and oxygen atoms in total. The largest absolute Gasteiger partial charge is 0.331 e. The minimum absolute atomic E-state index is 0.00404. The Kier molecular flexibility index (Phi) is 4.42. The van der Waals surface area contributed by atoms with Crippen molar-refractivity contribution in [3.8, 4) is 11.8 Å². The number of rotatable bonds is 3. The highest BCUT2D eigenvalue weighted by Gasteiger charge is 2.41. The van der Waals surface area contributed by atoms with Gasteiger partial charge in [-0.15, -0.1) is 0 Å². The van der Waals surface area contributed by atoms with E-state index in [1.807, 2.05) is 0 Å². The lowest BCUT2D eigenvalue weighted by molar-refractivity contribution is 0.592. The van der Waals surface area contributed by atoms with Crippen molar-refractivity contribution < 1.29 is 12.8 Å². The van der Waals surface area contributed by atoms with Gasteiger partial charge in [-0.05, 0) is 31.3 Å². The Labute approximate surface area is 140 Å². The van der Waals surface area contributed by atoms with Gasteiger partial charge in [-0.25, -0.2) is 13.0 Å². The van der Waals surface area contributed by atoms with Gasteiger partial charge in [-0.1, -0.05) is 36.1 Å².